The van der Waals surface area contributed by atoms with Gasteiger partial charge in [0.2, 0.25) is 0 Å². The van der Waals surface area contributed by atoms with E-state index < -0.39 is 0 Å². The van der Waals surface area contributed by atoms with Crippen molar-refractivity contribution in [1.29, 1.82) is 0 Å². The van der Waals surface area contributed by atoms with Gasteiger partial charge < -0.3 is 10.6 Å². The lowest BCUT2D eigenvalue weighted by atomic mass is 10.1. The van der Waals surface area contributed by atoms with Crippen molar-refractivity contribution in [1.82, 2.24) is 0 Å². The van der Waals surface area contributed by atoms with Crippen molar-refractivity contribution in [3.63, 3.8) is 0 Å². The van der Waals surface area contributed by atoms with Crippen LogP contribution >= 0.6 is 11.6 Å². The van der Waals surface area contributed by atoms with E-state index in [9.17, 15) is 0 Å². The third kappa shape index (κ3) is 3.14. The second kappa shape index (κ2) is 5.74. The largest absolute Gasteiger partial charge is 0.371 e. The zero-order valence-corrected chi connectivity index (χ0v) is 11.2. The lowest BCUT2D eigenvalue weighted by Crippen LogP contribution is -2.26. The normalized spacial score (nSPS) is 18.9. The monoisotopic (exact) mass is 252 g/mol. The van der Waals surface area contributed by atoms with Crippen LogP contribution in [0.1, 0.15) is 44.2 Å². The molecule has 0 spiro atoms. The van der Waals surface area contributed by atoms with Crippen LogP contribution < -0.4 is 10.6 Å². The molecule has 0 aromatic heterocycles. The van der Waals surface area contributed by atoms with Gasteiger partial charge in [0.1, 0.15) is 0 Å². The smallest absolute Gasteiger partial charge is 0.0415 e. The van der Waals surface area contributed by atoms with Crippen LogP contribution in [-0.4, -0.2) is 13.1 Å². The van der Waals surface area contributed by atoms with E-state index in [1.807, 2.05) is 19.1 Å². The zero-order valence-electron chi connectivity index (χ0n) is 10.5. The molecule has 0 radical (unpaired) electrons. The number of nitrogens with two attached hydrogens (primary N) is 1. The molecule has 0 bridgehead atoms. The number of hydrogen-bond acceptors (Lipinski definition) is 2. The predicted molar refractivity (Wildman–Crippen MR) is 74.7 cm³/mol. The number of anilines is 1. The van der Waals surface area contributed by atoms with E-state index in [2.05, 4.69) is 11.0 Å². The maximum absolute atomic E-state index is 6.06. The van der Waals surface area contributed by atoms with E-state index in [1.165, 1.54) is 36.9 Å². The van der Waals surface area contributed by atoms with Gasteiger partial charge in [-0.25, -0.2) is 0 Å². The van der Waals surface area contributed by atoms with E-state index in [4.69, 9.17) is 17.3 Å². The number of benzene rings is 1. The van der Waals surface area contributed by atoms with Crippen LogP contribution in [0.4, 0.5) is 5.69 Å². The highest BCUT2D eigenvalue weighted by Crippen LogP contribution is 2.29. The summed E-state index contributed by atoms with van der Waals surface area (Å²) >= 11 is 6.06. The SMILES string of the molecule is C[C@H](N)c1cc(Cl)ccc1N1CCCCCC1. The summed E-state index contributed by atoms with van der Waals surface area (Å²) in [7, 11) is 0. The summed E-state index contributed by atoms with van der Waals surface area (Å²) in [5.74, 6) is 0. The summed E-state index contributed by atoms with van der Waals surface area (Å²) in [6.45, 7) is 4.30. The summed E-state index contributed by atoms with van der Waals surface area (Å²) < 4.78 is 0. The van der Waals surface area contributed by atoms with Crippen molar-refractivity contribution in [2.24, 2.45) is 5.73 Å². The van der Waals surface area contributed by atoms with Gasteiger partial charge in [0.05, 0.1) is 0 Å². The molecule has 2 nitrogen and oxygen atoms in total. The van der Waals surface area contributed by atoms with Crippen molar-refractivity contribution in [3.05, 3.63) is 28.8 Å². The second-order valence-corrected chi connectivity index (χ2v) is 5.33. The molecular formula is C14H21ClN2. The van der Waals surface area contributed by atoms with Gasteiger partial charge in [-0.3, -0.25) is 0 Å². The van der Waals surface area contributed by atoms with Gasteiger partial charge in [0.15, 0.2) is 0 Å². The van der Waals surface area contributed by atoms with Gasteiger partial charge in [-0.2, -0.15) is 0 Å². The van der Waals surface area contributed by atoms with E-state index >= 15 is 0 Å². The maximum atomic E-state index is 6.06. The molecule has 1 atom stereocenters. The summed E-state index contributed by atoms with van der Waals surface area (Å²) in [6.07, 6.45) is 5.25. The van der Waals surface area contributed by atoms with Crippen molar-refractivity contribution in [2.45, 2.75) is 38.6 Å². The molecule has 0 amide bonds. The minimum Gasteiger partial charge on any atom is -0.371 e. The maximum Gasteiger partial charge on any atom is 0.0415 e. The van der Waals surface area contributed by atoms with Crippen molar-refractivity contribution in [3.8, 4) is 0 Å². The Hall–Kier alpha value is -0.730. The van der Waals surface area contributed by atoms with Gasteiger partial charge in [-0.05, 0) is 43.5 Å². The molecular weight excluding hydrogens is 232 g/mol. The highest BCUT2D eigenvalue weighted by Gasteiger charge is 2.15. The molecule has 1 aromatic rings. The lowest BCUT2D eigenvalue weighted by Gasteiger charge is -2.26. The molecule has 2 N–H and O–H groups in total. The third-order valence-corrected chi connectivity index (χ3v) is 3.66. The Morgan fingerprint density at radius 1 is 1.18 bits per heavy atom. The average molecular weight is 253 g/mol. The van der Waals surface area contributed by atoms with Crippen molar-refractivity contribution >= 4 is 17.3 Å². The molecule has 0 unspecified atom stereocenters. The Balaban J connectivity index is 2.29. The molecule has 2 rings (SSSR count). The molecule has 1 saturated heterocycles. The highest BCUT2D eigenvalue weighted by molar-refractivity contribution is 6.30. The first kappa shape index (κ1) is 12.7. The molecule has 1 fully saturated rings. The van der Waals surface area contributed by atoms with E-state index in [1.54, 1.807) is 0 Å². The Morgan fingerprint density at radius 2 is 1.82 bits per heavy atom. The first-order chi connectivity index (χ1) is 8.18. The molecule has 17 heavy (non-hydrogen) atoms. The molecule has 1 aliphatic heterocycles. The first-order valence-corrected chi connectivity index (χ1v) is 6.86. The molecule has 0 aliphatic carbocycles. The lowest BCUT2D eigenvalue weighted by molar-refractivity contribution is 0.726. The first-order valence-electron chi connectivity index (χ1n) is 6.48. The fourth-order valence-electron chi connectivity index (χ4n) is 2.49. The van der Waals surface area contributed by atoms with Gasteiger partial charge in [0.25, 0.3) is 0 Å². The second-order valence-electron chi connectivity index (χ2n) is 4.89. The predicted octanol–water partition coefficient (Wildman–Crippen LogP) is 3.74. The molecule has 1 aromatic carbocycles. The topological polar surface area (TPSA) is 29.3 Å². The quantitative estimate of drug-likeness (QED) is 0.869. The summed E-state index contributed by atoms with van der Waals surface area (Å²) in [5.41, 5.74) is 8.48. The molecule has 0 saturated carbocycles. The van der Waals surface area contributed by atoms with E-state index in [0.29, 0.717) is 0 Å². The van der Waals surface area contributed by atoms with Crippen LogP contribution in [0.2, 0.25) is 5.02 Å². The summed E-state index contributed by atoms with van der Waals surface area (Å²) in [5, 5.41) is 0.774. The summed E-state index contributed by atoms with van der Waals surface area (Å²) in [4.78, 5) is 2.46. The van der Waals surface area contributed by atoms with Crippen LogP contribution in [0.3, 0.4) is 0 Å². The van der Waals surface area contributed by atoms with Gasteiger partial charge in [-0.15, -0.1) is 0 Å². The number of halogens is 1. The Labute approximate surface area is 109 Å². The fraction of sp³-hybridized carbons (Fsp3) is 0.571. The third-order valence-electron chi connectivity index (χ3n) is 3.43. The number of rotatable bonds is 2. The van der Waals surface area contributed by atoms with Crippen LogP contribution in [-0.2, 0) is 0 Å². The number of nitrogens with zero attached hydrogens (tertiary/aromatic N) is 1. The Morgan fingerprint density at radius 3 is 2.41 bits per heavy atom. The molecule has 1 heterocycles. The van der Waals surface area contributed by atoms with E-state index in [-0.39, 0.29) is 6.04 Å². The van der Waals surface area contributed by atoms with Crippen molar-refractivity contribution in [2.75, 3.05) is 18.0 Å². The van der Waals surface area contributed by atoms with Gasteiger partial charge >= 0.3 is 0 Å². The fourth-order valence-corrected chi connectivity index (χ4v) is 2.67. The van der Waals surface area contributed by atoms with Crippen LogP contribution in [0, 0.1) is 0 Å². The van der Waals surface area contributed by atoms with Crippen LogP contribution in [0.5, 0.6) is 0 Å². The molecule has 1 aliphatic rings. The summed E-state index contributed by atoms with van der Waals surface area (Å²) in [6, 6.07) is 6.12. The Kier molecular flexibility index (Phi) is 4.30. The Bertz CT molecular complexity index is 368. The van der Waals surface area contributed by atoms with Gasteiger partial charge in [0, 0.05) is 29.8 Å². The van der Waals surface area contributed by atoms with E-state index in [0.717, 1.165) is 18.1 Å². The molecule has 3 heteroatoms. The number of hydrogen-bond donors (Lipinski definition) is 1. The van der Waals surface area contributed by atoms with Gasteiger partial charge in [-0.1, -0.05) is 24.4 Å². The average Bonchev–Trinajstić information content (AvgIpc) is 2.57. The standard InChI is InChI=1S/C14H21ClN2/c1-11(16)13-10-12(15)6-7-14(13)17-8-4-2-3-5-9-17/h6-7,10-11H,2-5,8-9,16H2,1H3/t11-/m0/s1. The zero-order chi connectivity index (χ0) is 12.3. The highest BCUT2D eigenvalue weighted by atomic mass is 35.5. The van der Waals surface area contributed by atoms with Crippen LogP contribution in [0.15, 0.2) is 18.2 Å². The minimum atomic E-state index is 0.0342. The van der Waals surface area contributed by atoms with Crippen molar-refractivity contribution < 1.29 is 0 Å². The minimum absolute atomic E-state index is 0.0342. The molecule has 94 valence electrons. The van der Waals surface area contributed by atoms with Crippen LogP contribution in [0.25, 0.3) is 0 Å².